The number of thioether (sulfide) groups is 1. The van der Waals surface area contributed by atoms with Crippen LogP contribution in [0.15, 0.2) is 15.8 Å². The summed E-state index contributed by atoms with van der Waals surface area (Å²) >= 11 is 1.81. The smallest absolute Gasteiger partial charge is 0.267 e. The molecule has 2 aromatic rings. The summed E-state index contributed by atoms with van der Waals surface area (Å²) in [5, 5.41) is 11.3. The van der Waals surface area contributed by atoms with E-state index in [9.17, 15) is 13.2 Å². The Morgan fingerprint density at radius 2 is 2.19 bits per heavy atom. The number of aryl methyl sites for hydroxylation is 3. The van der Waals surface area contributed by atoms with E-state index in [2.05, 4.69) is 15.3 Å². The highest BCUT2D eigenvalue weighted by atomic mass is 32.2. The Kier molecular flexibility index (Phi) is 4.89. The first-order chi connectivity index (χ1) is 12.9. The molecular formula is C17H23N5O3S2. The zero-order chi connectivity index (χ0) is 19.2. The first-order valence-corrected chi connectivity index (χ1v) is 11.7. The highest BCUT2D eigenvalue weighted by Crippen LogP contribution is 2.29. The number of aromatic amines is 1. The van der Waals surface area contributed by atoms with Crippen LogP contribution in [0.5, 0.6) is 0 Å². The van der Waals surface area contributed by atoms with Crippen LogP contribution in [0.3, 0.4) is 0 Å². The molecule has 0 aliphatic carbocycles. The van der Waals surface area contributed by atoms with Gasteiger partial charge in [-0.1, -0.05) is 0 Å². The van der Waals surface area contributed by atoms with Crippen molar-refractivity contribution in [2.75, 3.05) is 12.3 Å². The third-order valence-electron chi connectivity index (χ3n) is 5.24. The summed E-state index contributed by atoms with van der Waals surface area (Å²) < 4.78 is 29.4. The van der Waals surface area contributed by atoms with E-state index in [-0.39, 0.29) is 23.0 Å². The van der Waals surface area contributed by atoms with Crippen molar-refractivity contribution in [3.8, 4) is 0 Å². The van der Waals surface area contributed by atoms with Crippen LogP contribution in [-0.4, -0.2) is 51.0 Å². The van der Waals surface area contributed by atoms with E-state index in [4.69, 9.17) is 0 Å². The van der Waals surface area contributed by atoms with Gasteiger partial charge >= 0.3 is 0 Å². The molecular weight excluding hydrogens is 386 g/mol. The summed E-state index contributed by atoms with van der Waals surface area (Å²) in [6, 6.07) is 1.39. The molecule has 0 radical (unpaired) electrons. The quantitative estimate of drug-likeness (QED) is 0.815. The molecule has 4 rings (SSSR count). The lowest BCUT2D eigenvalue weighted by atomic mass is 10.2. The Hall–Kier alpha value is -1.65. The topological polar surface area (TPSA) is 101 Å². The molecule has 2 aliphatic heterocycles. The van der Waals surface area contributed by atoms with Crippen LogP contribution in [-0.2, 0) is 28.7 Å². The van der Waals surface area contributed by atoms with Gasteiger partial charge in [0, 0.05) is 30.8 Å². The Morgan fingerprint density at radius 3 is 2.93 bits per heavy atom. The van der Waals surface area contributed by atoms with Gasteiger partial charge in [0.05, 0.1) is 23.6 Å². The molecule has 1 atom stereocenters. The molecule has 8 nitrogen and oxygen atoms in total. The van der Waals surface area contributed by atoms with E-state index in [1.165, 1.54) is 8.99 Å². The number of fused-ring (bicyclic) bond motifs is 1. The summed E-state index contributed by atoms with van der Waals surface area (Å²) in [5.74, 6) is 1.82. The second-order valence-electron chi connectivity index (χ2n) is 7.11. The summed E-state index contributed by atoms with van der Waals surface area (Å²) in [6.45, 7) is 4.14. The summed E-state index contributed by atoms with van der Waals surface area (Å²) in [6.07, 6.45) is 2.34. The summed E-state index contributed by atoms with van der Waals surface area (Å²) in [4.78, 5) is 12.7. The average Bonchev–Trinajstić information content (AvgIpc) is 3.22. The van der Waals surface area contributed by atoms with Crippen molar-refractivity contribution in [3.05, 3.63) is 39.1 Å². The summed E-state index contributed by atoms with van der Waals surface area (Å²) in [5.41, 5.74) is 2.82. The van der Waals surface area contributed by atoms with Crippen LogP contribution < -0.4 is 5.56 Å². The van der Waals surface area contributed by atoms with Crippen LogP contribution in [0, 0.1) is 13.8 Å². The zero-order valence-corrected chi connectivity index (χ0v) is 17.1. The molecule has 0 saturated carbocycles. The highest BCUT2D eigenvalue weighted by Gasteiger charge is 2.38. The third kappa shape index (κ3) is 3.34. The Morgan fingerprint density at radius 1 is 1.37 bits per heavy atom. The van der Waals surface area contributed by atoms with E-state index in [0.29, 0.717) is 17.9 Å². The third-order valence-corrected chi connectivity index (χ3v) is 8.46. The number of hydrogen-bond donors (Lipinski definition) is 1. The van der Waals surface area contributed by atoms with Gasteiger partial charge in [0.1, 0.15) is 4.90 Å². The lowest BCUT2D eigenvalue weighted by Crippen LogP contribution is -2.41. The van der Waals surface area contributed by atoms with Gasteiger partial charge in [-0.3, -0.25) is 9.89 Å². The monoisotopic (exact) mass is 409 g/mol. The fourth-order valence-electron chi connectivity index (χ4n) is 3.93. The molecule has 0 aromatic carbocycles. The van der Waals surface area contributed by atoms with Crippen molar-refractivity contribution < 1.29 is 8.42 Å². The zero-order valence-electron chi connectivity index (χ0n) is 15.4. The molecule has 4 heterocycles. The van der Waals surface area contributed by atoms with Gasteiger partial charge < -0.3 is 0 Å². The molecule has 146 valence electrons. The number of H-pyrrole nitrogens is 1. The van der Waals surface area contributed by atoms with Crippen LogP contribution >= 0.6 is 11.8 Å². The van der Waals surface area contributed by atoms with Gasteiger partial charge in [0.25, 0.3) is 5.56 Å². The largest absolute Gasteiger partial charge is 0.281 e. The number of hydrogen-bond acceptors (Lipinski definition) is 6. The second-order valence-corrected chi connectivity index (χ2v) is 10.0. The molecule has 2 aromatic heterocycles. The SMILES string of the molecule is Cc1n[nH]c(C)c1S(=O)(=O)N1CCCC1Cn1nc2c(cc1=O)CSCC2. The van der Waals surface area contributed by atoms with Crippen molar-refractivity contribution in [1.29, 1.82) is 0 Å². The van der Waals surface area contributed by atoms with Crippen molar-refractivity contribution in [1.82, 2.24) is 24.3 Å². The number of nitrogens with one attached hydrogen (secondary N) is 1. The van der Waals surface area contributed by atoms with Gasteiger partial charge in [0.2, 0.25) is 10.0 Å². The van der Waals surface area contributed by atoms with Gasteiger partial charge in [-0.25, -0.2) is 13.1 Å². The fraction of sp³-hybridized carbons (Fsp3) is 0.588. The molecule has 1 unspecified atom stereocenters. The van der Waals surface area contributed by atoms with E-state index in [0.717, 1.165) is 42.0 Å². The molecule has 0 bridgehead atoms. The normalized spacial score (nSPS) is 20.7. The van der Waals surface area contributed by atoms with Crippen LogP contribution in [0.1, 0.15) is 35.5 Å². The van der Waals surface area contributed by atoms with Crippen molar-refractivity contribution in [2.24, 2.45) is 0 Å². The number of rotatable bonds is 4. The lowest BCUT2D eigenvalue weighted by Gasteiger charge is -2.25. The Bertz CT molecular complexity index is 1010. The molecule has 1 N–H and O–H groups in total. The first kappa shape index (κ1) is 18.7. The molecule has 1 fully saturated rings. The van der Waals surface area contributed by atoms with Gasteiger partial charge in [-0.15, -0.1) is 0 Å². The van der Waals surface area contributed by atoms with Gasteiger partial charge in [0.15, 0.2) is 0 Å². The maximum atomic E-state index is 13.2. The fourth-order valence-corrected chi connectivity index (χ4v) is 6.90. The van der Waals surface area contributed by atoms with E-state index < -0.39 is 10.0 Å². The van der Waals surface area contributed by atoms with Crippen molar-refractivity contribution >= 4 is 21.8 Å². The maximum absolute atomic E-state index is 13.2. The standard InChI is InChI=1S/C17H23N5O3S2/c1-11-17(12(2)19-18-11)27(24,25)22-6-3-4-14(22)9-21-16(23)8-13-10-26-7-5-15(13)20-21/h8,14H,3-7,9-10H2,1-2H3,(H,18,19). The van der Waals surface area contributed by atoms with E-state index in [1.807, 2.05) is 0 Å². The molecule has 0 amide bonds. The number of sulfonamides is 1. The minimum absolute atomic E-state index is 0.156. The number of aromatic nitrogens is 4. The van der Waals surface area contributed by atoms with Crippen LogP contribution in [0.25, 0.3) is 0 Å². The highest BCUT2D eigenvalue weighted by molar-refractivity contribution is 7.98. The minimum atomic E-state index is -3.66. The lowest BCUT2D eigenvalue weighted by molar-refractivity contribution is 0.333. The average molecular weight is 410 g/mol. The summed E-state index contributed by atoms with van der Waals surface area (Å²) in [7, 11) is -3.66. The second kappa shape index (κ2) is 7.06. The van der Waals surface area contributed by atoms with Gasteiger partial charge in [-0.2, -0.15) is 26.3 Å². The van der Waals surface area contributed by atoms with Crippen LogP contribution in [0.4, 0.5) is 0 Å². The predicted octanol–water partition coefficient (Wildman–Crippen LogP) is 1.23. The Labute approximate surface area is 162 Å². The molecule has 27 heavy (non-hydrogen) atoms. The Balaban J connectivity index is 1.64. The van der Waals surface area contributed by atoms with E-state index in [1.54, 1.807) is 31.7 Å². The van der Waals surface area contributed by atoms with Crippen LogP contribution in [0.2, 0.25) is 0 Å². The maximum Gasteiger partial charge on any atom is 0.267 e. The minimum Gasteiger partial charge on any atom is -0.281 e. The number of nitrogens with zero attached hydrogens (tertiary/aromatic N) is 4. The molecule has 1 saturated heterocycles. The molecule has 0 spiro atoms. The van der Waals surface area contributed by atoms with Gasteiger partial charge in [-0.05, 0) is 38.0 Å². The van der Waals surface area contributed by atoms with E-state index >= 15 is 0 Å². The molecule has 10 heteroatoms. The van der Waals surface area contributed by atoms with Crippen molar-refractivity contribution in [3.63, 3.8) is 0 Å². The first-order valence-electron chi connectivity index (χ1n) is 9.09. The molecule has 2 aliphatic rings. The van der Waals surface area contributed by atoms with Crippen molar-refractivity contribution in [2.45, 2.75) is 56.3 Å². The predicted molar refractivity (Wildman–Crippen MR) is 103 cm³/mol.